The largest absolute Gasteiger partial charge is 0.490 e. The fourth-order valence-corrected chi connectivity index (χ4v) is 3.21. The Morgan fingerprint density at radius 1 is 1.00 bits per heavy atom. The Hall–Kier alpha value is -2.34. The van der Waals surface area contributed by atoms with Gasteiger partial charge < -0.3 is 14.8 Å². The molecule has 0 saturated carbocycles. The van der Waals surface area contributed by atoms with Gasteiger partial charge in [0.1, 0.15) is 0 Å². The maximum atomic E-state index is 12.0. The molecule has 0 aliphatic heterocycles. The summed E-state index contributed by atoms with van der Waals surface area (Å²) in [6.45, 7) is 2.67. The second-order valence-corrected chi connectivity index (χ2v) is 6.87. The normalized spacial score (nSPS) is 11.6. The molecule has 0 radical (unpaired) electrons. The van der Waals surface area contributed by atoms with E-state index in [0.29, 0.717) is 36.2 Å². The molecular formula is C19H23NO4S. The molecule has 0 heterocycles. The number of carbonyl (C=O) groups is 1. The van der Waals surface area contributed by atoms with E-state index in [1.165, 1.54) is 0 Å². The number of para-hydroxylation sites is 2. The molecule has 2 rings (SSSR count). The van der Waals surface area contributed by atoms with E-state index in [1.807, 2.05) is 49.4 Å². The maximum Gasteiger partial charge on any atom is 0.257 e. The molecule has 2 aromatic carbocycles. The Bertz CT molecular complexity index is 691. The predicted molar refractivity (Wildman–Crippen MR) is 99.3 cm³/mol. The van der Waals surface area contributed by atoms with Crippen LogP contribution in [0.25, 0.3) is 0 Å². The Morgan fingerprint density at radius 3 is 2.32 bits per heavy atom. The van der Waals surface area contributed by atoms with Crippen molar-refractivity contribution in [3.63, 3.8) is 0 Å². The highest BCUT2D eigenvalue weighted by Gasteiger charge is 2.08. The third-order valence-corrected chi connectivity index (χ3v) is 4.64. The zero-order chi connectivity index (χ0) is 17.9. The molecule has 1 N–H and O–H groups in total. The van der Waals surface area contributed by atoms with Crippen LogP contribution >= 0.6 is 0 Å². The summed E-state index contributed by atoms with van der Waals surface area (Å²) < 4.78 is 22.9. The Kier molecular flexibility index (Phi) is 7.98. The molecular weight excluding hydrogens is 338 g/mol. The number of amides is 1. The first-order chi connectivity index (χ1) is 12.2. The van der Waals surface area contributed by atoms with Gasteiger partial charge in [0.25, 0.3) is 5.91 Å². The van der Waals surface area contributed by atoms with Crippen LogP contribution in [0.15, 0.2) is 54.6 Å². The minimum Gasteiger partial charge on any atom is -0.490 e. The van der Waals surface area contributed by atoms with Crippen LogP contribution in [-0.4, -0.2) is 35.6 Å². The van der Waals surface area contributed by atoms with Crippen molar-refractivity contribution in [2.75, 3.05) is 25.5 Å². The van der Waals surface area contributed by atoms with Crippen LogP contribution in [0.4, 0.5) is 0 Å². The van der Waals surface area contributed by atoms with Crippen molar-refractivity contribution in [3.05, 3.63) is 60.2 Å². The van der Waals surface area contributed by atoms with Crippen LogP contribution in [0.1, 0.15) is 12.5 Å². The number of hydrogen-bond donors (Lipinski definition) is 1. The number of ether oxygens (including phenoxy) is 2. The van der Waals surface area contributed by atoms with E-state index < -0.39 is 10.8 Å². The van der Waals surface area contributed by atoms with Crippen molar-refractivity contribution >= 4 is 16.7 Å². The van der Waals surface area contributed by atoms with Crippen molar-refractivity contribution in [1.82, 2.24) is 5.32 Å². The van der Waals surface area contributed by atoms with Crippen LogP contribution in [-0.2, 0) is 21.3 Å². The third kappa shape index (κ3) is 6.97. The second kappa shape index (κ2) is 10.5. The summed E-state index contributed by atoms with van der Waals surface area (Å²) in [5.41, 5.74) is 1.03. The first-order valence-corrected chi connectivity index (χ1v) is 9.68. The van der Waals surface area contributed by atoms with Gasteiger partial charge in [-0.25, -0.2) is 0 Å². The van der Waals surface area contributed by atoms with Gasteiger partial charge in [-0.3, -0.25) is 9.00 Å². The van der Waals surface area contributed by atoms with Crippen molar-refractivity contribution in [1.29, 1.82) is 0 Å². The number of rotatable bonds is 10. The summed E-state index contributed by atoms with van der Waals surface area (Å²) in [5.74, 6) is 1.81. The van der Waals surface area contributed by atoms with Gasteiger partial charge in [0.2, 0.25) is 0 Å². The molecule has 0 aliphatic carbocycles. The summed E-state index contributed by atoms with van der Waals surface area (Å²) in [5, 5.41) is 2.72. The van der Waals surface area contributed by atoms with Crippen LogP contribution in [0.2, 0.25) is 0 Å². The fourth-order valence-electron chi connectivity index (χ4n) is 2.18. The van der Waals surface area contributed by atoms with E-state index in [9.17, 15) is 9.00 Å². The highest BCUT2D eigenvalue weighted by molar-refractivity contribution is 7.84. The van der Waals surface area contributed by atoms with Gasteiger partial charge in [-0.2, -0.15) is 0 Å². The fraction of sp³-hybridized carbons (Fsp3) is 0.316. The number of hydrogen-bond acceptors (Lipinski definition) is 4. The molecule has 5 nitrogen and oxygen atoms in total. The molecule has 1 unspecified atom stereocenters. The average molecular weight is 361 g/mol. The zero-order valence-corrected chi connectivity index (χ0v) is 15.1. The van der Waals surface area contributed by atoms with Gasteiger partial charge in [0, 0.05) is 28.9 Å². The van der Waals surface area contributed by atoms with Crippen LogP contribution in [0.5, 0.6) is 11.5 Å². The van der Waals surface area contributed by atoms with Crippen molar-refractivity contribution in [3.8, 4) is 11.5 Å². The van der Waals surface area contributed by atoms with E-state index in [4.69, 9.17) is 9.47 Å². The lowest BCUT2D eigenvalue weighted by molar-refractivity contribution is -0.122. The molecule has 134 valence electrons. The lowest BCUT2D eigenvalue weighted by Gasteiger charge is -2.11. The Labute approximate surface area is 150 Å². The molecule has 0 fully saturated rings. The van der Waals surface area contributed by atoms with Gasteiger partial charge in [-0.05, 0) is 24.6 Å². The van der Waals surface area contributed by atoms with Crippen LogP contribution in [0, 0.1) is 0 Å². The van der Waals surface area contributed by atoms with Crippen molar-refractivity contribution in [2.45, 2.75) is 12.7 Å². The molecule has 1 amide bonds. The first-order valence-electron chi connectivity index (χ1n) is 8.19. The zero-order valence-electron chi connectivity index (χ0n) is 14.3. The van der Waals surface area contributed by atoms with Gasteiger partial charge in [0.15, 0.2) is 18.1 Å². The van der Waals surface area contributed by atoms with Crippen molar-refractivity contribution < 1.29 is 18.5 Å². The highest BCUT2D eigenvalue weighted by Crippen LogP contribution is 2.26. The van der Waals surface area contributed by atoms with Crippen molar-refractivity contribution in [2.24, 2.45) is 0 Å². The van der Waals surface area contributed by atoms with Crippen LogP contribution < -0.4 is 14.8 Å². The van der Waals surface area contributed by atoms with Gasteiger partial charge in [-0.15, -0.1) is 0 Å². The number of nitrogens with one attached hydrogen (secondary N) is 1. The summed E-state index contributed by atoms with van der Waals surface area (Å²) in [6, 6.07) is 16.9. The SMILES string of the molecule is CCOc1ccccc1OCC(=O)NCCS(=O)Cc1ccccc1. The quantitative estimate of drug-likeness (QED) is 0.706. The second-order valence-electron chi connectivity index (χ2n) is 5.29. The van der Waals surface area contributed by atoms with Gasteiger partial charge in [-0.1, -0.05) is 42.5 Å². The molecule has 0 spiro atoms. The summed E-state index contributed by atoms with van der Waals surface area (Å²) >= 11 is 0. The molecule has 6 heteroatoms. The lowest BCUT2D eigenvalue weighted by atomic mass is 10.2. The third-order valence-electron chi connectivity index (χ3n) is 3.33. The number of carbonyl (C=O) groups excluding carboxylic acids is 1. The summed E-state index contributed by atoms with van der Waals surface area (Å²) in [4.78, 5) is 11.8. The molecule has 0 saturated heterocycles. The maximum absolute atomic E-state index is 12.0. The van der Waals surface area contributed by atoms with E-state index in [1.54, 1.807) is 12.1 Å². The summed E-state index contributed by atoms with van der Waals surface area (Å²) in [6.07, 6.45) is 0. The minimum absolute atomic E-state index is 0.102. The first kappa shape index (κ1) is 19.0. The monoisotopic (exact) mass is 361 g/mol. The molecule has 2 aromatic rings. The molecule has 0 aliphatic rings. The van der Waals surface area contributed by atoms with Gasteiger partial charge in [0.05, 0.1) is 6.61 Å². The predicted octanol–water partition coefficient (Wildman–Crippen LogP) is 2.53. The van der Waals surface area contributed by atoms with E-state index in [0.717, 1.165) is 5.56 Å². The topological polar surface area (TPSA) is 64.6 Å². The van der Waals surface area contributed by atoms with E-state index >= 15 is 0 Å². The Balaban J connectivity index is 1.68. The smallest absolute Gasteiger partial charge is 0.257 e. The molecule has 1 atom stereocenters. The van der Waals surface area contributed by atoms with Gasteiger partial charge >= 0.3 is 0 Å². The Morgan fingerprint density at radius 2 is 1.64 bits per heavy atom. The summed E-state index contributed by atoms with van der Waals surface area (Å²) in [7, 11) is -1.01. The molecule has 25 heavy (non-hydrogen) atoms. The average Bonchev–Trinajstić information content (AvgIpc) is 2.62. The van der Waals surface area contributed by atoms with Crippen LogP contribution in [0.3, 0.4) is 0 Å². The lowest BCUT2D eigenvalue weighted by Crippen LogP contribution is -2.32. The van der Waals surface area contributed by atoms with E-state index in [-0.39, 0.29) is 12.5 Å². The highest BCUT2D eigenvalue weighted by atomic mass is 32.2. The number of benzene rings is 2. The standard InChI is InChI=1S/C19H23NO4S/c1-2-23-17-10-6-7-11-18(17)24-14-19(21)20-12-13-25(22)15-16-8-4-3-5-9-16/h3-11H,2,12-15H2,1H3,(H,20,21). The minimum atomic E-state index is -1.01. The van der Waals surface area contributed by atoms with E-state index in [2.05, 4.69) is 5.32 Å². The molecule has 0 bridgehead atoms. The molecule has 0 aromatic heterocycles.